The summed E-state index contributed by atoms with van der Waals surface area (Å²) in [6, 6.07) is 8.44. The SMILES string of the molecule is COCc1ccc(CNC(=O)CC2CSCCN2)cc1. The van der Waals surface area contributed by atoms with Gasteiger partial charge < -0.3 is 15.4 Å². The van der Waals surface area contributed by atoms with E-state index in [1.165, 1.54) is 0 Å². The molecule has 1 unspecified atom stereocenters. The van der Waals surface area contributed by atoms with Crippen molar-refractivity contribution in [1.82, 2.24) is 10.6 Å². The van der Waals surface area contributed by atoms with Gasteiger partial charge in [-0.15, -0.1) is 0 Å². The molecule has 1 fully saturated rings. The molecule has 2 rings (SSSR count). The molecule has 5 heteroatoms. The Morgan fingerprint density at radius 1 is 1.40 bits per heavy atom. The molecule has 1 amide bonds. The van der Waals surface area contributed by atoms with Gasteiger partial charge in [0.15, 0.2) is 0 Å². The maximum Gasteiger partial charge on any atom is 0.221 e. The van der Waals surface area contributed by atoms with Crippen molar-refractivity contribution in [3.63, 3.8) is 0 Å². The van der Waals surface area contributed by atoms with E-state index in [1.807, 2.05) is 36.0 Å². The zero-order chi connectivity index (χ0) is 14.2. The number of carbonyl (C=O) groups excluding carboxylic acids is 1. The van der Waals surface area contributed by atoms with E-state index in [-0.39, 0.29) is 5.91 Å². The molecule has 1 atom stereocenters. The van der Waals surface area contributed by atoms with Gasteiger partial charge >= 0.3 is 0 Å². The Balaban J connectivity index is 1.72. The highest BCUT2D eigenvalue weighted by atomic mass is 32.2. The monoisotopic (exact) mass is 294 g/mol. The molecule has 1 aliphatic rings. The molecule has 0 radical (unpaired) electrons. The summed E-state index contributed by atoms with van der Waals surface area (Å²) >= 11 is 1.91. The molecule has 20 heavy (non-hydrogen) atoms. The lowest BCUT2D eigenvalue weighted by atomic mass is 10.1. The van der Waals surface area contributed by atoms with Crippen LogP contribution in [0.25, 0.3) is 0 Å². The van der Waals surface area contributed by atoms with Crippen LogP contribution in [0.5, 0.6) is 0 Å². The van der Waals surface area contributed by atoms with Crippen LogP contribution in [-0.2, 0) is 22.7 Å². The zero-order valence-electron chi connectivity index (χ0n) is 11.9. The Kier molecular flexibility index (Phi) is 6.36. The Morgan fingerprint density at radius 3 is 2.80 bits per heavy atom. The fourth-order valence-electron chi connectivity index (χ4n) is 2.17. The second-order valence-corrected chi connectivity index (χ2v) is 6.11. The molecule has 0 aliphatic carbocycles. The molecule has 4 nitrogen and oxygen atoms in total. The van der Waals surface area contributed by atoms with Gasteiger partial charge in [-0.2, -0.15) is 11.8 Å². The van der Waals surface area contributed by atoms with Crippen LogP contribution < -0.4 is 10.6 Å². The van der Waals surface area contributed by atoms with Crippen LogP contribution in [0.15, 0.2) is 24.3 Å². The minimum Gasteiger partial charge on any atom is -0.380 e. The molecular weight excluding hydrogens is 272 g/mol. The quantitative estimate of drug-likeness (QED) is 0.836. The van der Waals surface area contributed by atoms with Gasteiger partial charge in [0.25, 0.3) is 0 Å². The van der Waals surface area contributed by atoms with Crippen LogP contribution in [0.1, 0.15) is 17.5 Å². The maximum absolute atomic E-state index is 11.9. The average Bonchev–Trinajstić information content (AvgIpc) is 2.48. The standard InChI is InChI=1S/C15H22N2O2S/c1-19-10-13-4-2-12(3-5-13)9-17-15(18)8-14-11-20-7-6-16-14/h2-5,14,16H,6-11H2,1H3,(H,17,18). The van der Waals surface area contributed by atoms with Crippen molar-refractivity contribution in [1.29, 1.82) is 0 Å². The normalized spacial score (nSPS) is 18.8. The predicted molar refractivity (Wildman–Crippen MR) is 82.7 cm³/mol. The molecule has 1 aliphatic heterocycles. The number of carbonyl (C=O) groups is 1. The van der Waals surface area contributed by atoms with Crippen LogP contribution in [0.3, 0.4) is 0 Å². The molecule has 1 saturated heterocycles. The summed E-state index contributed by atoms with van der Waals surface area (Å²) in [6.45, 7) is 2.22. The number of thioether (sulfide) groups is 1. The van der Waals surface area contributed by atoms with Gasteiger partial charge in [0, 0.05) is 44.2 Å². The van der Waals surface area contributed by atoms with Gasteiger partial charge in [0.2, 0.25) is 5.91 Å². The van der Waals surface area contributed by atoms with Gasteiger partial charge in [0.1, 0.15) is 0 Å². The highest BCUT2D eigenvalue weighted by Gasteiger charge is 2.16. The Labute approximate surface area is 124 Å². The topological polar surface area (TPSA) is 50.4 Å². The lowest BCUT2D eigenvalue weighted by Crippen LogP contribution is -2.41. The third kappa shape index (κ3) is 5.15. The van der Waals surface area contributed by atoms with E-state index in [0.717, 1.165) is 29.2 Å². The average molecular weight is 294 g/mol. The van der Waals surface area contributed by atoms with Crippen molar-refractivity contribution in [2.75, 3.05) is 25.2 Å². The number of hydrogen-bond acceptors (Lipinski definition) is 4. The van der Waals surface area contributed by atoms with E-state index in [0.29, 0.717) is 25.6 Å². The molecule has 1 aromatic rings. The number of amides is 1. The molecule has 0 aromatic heterocycles. The summed E-state index contributed by atoms with van der Waals surface area (Å²) in [5, 5.41) is 6.35. The van der Waals surface area contributed by atoms with Gasteiger partial charge in [-0.25, -0.2) is 0 Å². The first-order valence-electron chi connectivity index (χ1n) is 6.92. The number of ether oxygens (including phenoxy) is 1. The zero-order valence-corrected chi connectivity index (χ0v) is 12.7. The van der Waals surface area contributed by atoms with E-state index in [4.69, 9.17) is 4.74 Å². The van der Waals surface area contributed by atoms with Gasteiger partial charge in [-0.1, -0.05) is 24.3 Å². The molecule has 0 saturated carbocycles. The second kappa shape index (κ2) is 8.29. The lowest BCUT2D eigenvalue weighted by molar-refractivity contribution is -0.121. The smallest absolute Gasteiger partial charge is 0.221 e. The number of rotatable bonds is 6. The summed E-state index contributed by atoms with van der Waals surface area (Å²) in [6.07, 6.45) is 0.564. The first-order valence-corrected chi connectivity index (χ1v) is 8.08. The summed E-state index contributed by atoms with van der Waals surface area (Å²) < 4.78 is 5.07. The number of methoxy groups -OCH3 is 1. The largest absolute Gasteiger partial charge is 0.380 e. The van der Waals surface area contributed by atoms with Gasteiger partial charge in [-0.3, -0.25) is 4.79 Å². The van der Waals surface area contributed by atoms with Gasteiger partial charge in [0.05, 0.1) is 6.61 Å². The van der Waals surface area contributed by atoms with Crippen LogP contribution >= 0.6 is 11.8 Å². The van der Waals surface area contributed by atoms with Crippen LogP contribution in [-0.4, -0.2) is 37.1 Å². The van der Waals surface area contributed by atoms with Crippen molar-refractivity contribution >= 4 is 17.7 Å². The molecule has 1 aromatic carbocycles. The van der Waals surface area contributed by atoms with Crippen molar-refractivity contribution in [3.8, 4) is 0 Å². The fraction of sp³-hybridized carbons (Fsp3) is 0.533. The highest BCUT2D eigenvalue weighted by molar-refractivity contribution is 7.99. The summed E-state index contributed by atoms with van der Waals surface area (Å²) in [4.78, 5) is 11.9. The predicted octanol–water partition coefficient (Wildman–Crippen LogP) is 1.54. The van der Waals surface area contributed by atoms with E-state index < -0.39 is 0 Å². The first kappa shape index (κ1) is 15.4. The molecule has 1 heterocycles. The van der Waals surface area contributed by atoms with E-state index in [2.05, 4.69) is 10.6 Å². The van der Waals surface area contributed by atoms with E-state index in [9.17, 15) is 4.79 Å². The first-order chi connectivity index (χ1) is 9.78. The minimum atomic E-state index is 0.117. The van der Waals surface area contributed by atoms with Crippen molar-refractivity contribution < 1.29 is 9.53 Å². The van der Waals surface area contributed by atoms with E-state index in [1.54, 1.807) is 7.11 Å². The highest BCUT2D eigenvalue weighted by Crippen LogP contribution is 2.10. The Hall–Kier alpha value is -1.04. The fourth-order valence-corrected chi connectivity index (χ4v) is 3.12. The van der Waals surface area contributed by atoms with Crippen LogP contribution in [0.2, 0.25) is 0 Å². The second-order valence-electron chi connectivity index (χ2n) is 4.96. The Morgan fingerprint density at radius 2 is 2.15 bits per heavy atom. The van der Waals surface area contributed by atoms with Gasteiger partial charge in [-0.05, 0) is 11.1 Å². The minimum absolute atomic E-state index is 0.117. The number of benzene rings is 1. The number of nitrogens with one attached hydrogen (secondary N) is 2. The molecule has 2 N–H and O–H groups in total. The Bertz CT molecular complexity index is 416. The summed E-state index contributed by atoms with van der Waals surface area (Å²) in [7, 11) is 1.69. The molecular formula is C15H22N2O2S. The third-order valence-corrected chi connectivity index (χ3v) is 4.38. The summed E-state index contributed by atoms with van der Waals surface area (Å²) in [5.74, 6) is 2.29. The summed E-state index contributed by atoms with van der Waals surface area (Å²) in [5.41, 5.74) is 2.26. The van der Waals surface area contributed by atoms with Crippen molar-refractivity contribution in [2.45, 2.75) is 25.6 Å². The molecule has 110 valence electrons. The molecule has 0 bridgehead atoms. The van der Waals surface area contributed by atoms with E-state index >= 15 is 0 Å². The van der Waals surface area contributed by atoms with Crippen molar-refractivity contribution in [2.24, 2.45) is 0 Å². The number of hydrogen-bond donors (Lipinski definition) is 2. The molecule has 0 spiro atoms. The van der Waals surface area contributed by atoms with Crippen LogP contribution in [0, 0.1) is 0 Å². The third-order valence-electron chi connectivity index (χ3n) is 3.25. The van der Waals surface area contributed by atoms with Crippen molar-refractivity contribution in [3.05, 3.63) is 35.4 Å². The van der Waals surface area contributed by atoms with Crippen LogP contribution in [0.4, 0.5) is 0 Å². The lowest BCUT2D eigenvalue weighted by Gasteiger charge is -2.22. The maximum atomic E-state index is 11.9.